The van der Waals surface area contributed by atoms with Crippen molar-refractivity contribution in [3.63, 3.8) is 0 Å². The first-order valence-electron chi connectivity index (χ1n) is 8.46. The Bertz CT molecular complexity index is 1020. The molecule has 0 saturated heterocycles. The normalized spacial score (nSPS) is 14.2. The number of hydrogen-bond donors (Lipinski definition) is 1. The molecule has 2 aromatic heterocycles. The van der Waals surface area contributed by atoms with Crippen LogP contribution in [0.4, 0.5) is 0 Å². The molecule has 3 aromatic rings. The van der Waals surface area contributed by atoms with Crippen LogP contribution in [0.25, 0.3) is 11.5 Å². The van der Waals surface area contributed by atoms with Gasteiger partial charge in [-0.3, -0.25) is 4.98 Å². The molecule has 0 unspecified atom stereocenters. The van der Waals surface area contributed by atoms with Crippen LogP contribution in [0.5, 0.6) is 0 Å². The van der Waals surface area contributed by atoms with Crippen LogP contribution in [-0.2, 0) is 29.4 Å². The van der Waals surface area contributed by atoms with Crippen molar-refractivity contribution in [3.8, 4) is 11.5 Å². The van der Waals surface area contributed by atoms with E-state index in [-0.39, 0.29) is 17.3 Å². The third-order valence-electron chi connectivity index (χ3n) is 4.42. The summed E-state index contributed by atoms with van der Waals surface area (Å²) in [7, 11) is -3.64. The van der Waals surface area contributed by atoms with Gasteiger partial charge in [0.05, 0.1) is 17.0 Å². The summed E-state index contributed by atoms with van der Waals surface area (Å²) in [6.45, 7) is -0.0628. The smallest absolute Gasteiger partial charge is 0.249 e. The number of aryl methyl sites for hydroxylation is 2. The molecule has 4 rings (SSSR count). The predicted octanol–water partition coefficient (Wildman–Crippen LogP) is 2.49. The predicted molar refractivity (Wildman–Crippen MR) is 94.6 cm³/mol. The van der Waals surface area contributed by atoms with E-state index < -0.39 is 10.0 Å². The van der Waals surface area contributed by atoms with Crippen LogP contribution >= 0.6 is 0 Å². The Morgan fingerprint density at radius 2 is 1.92 bits per heavy atom. The lowest BCUT2D eigenvalue weighted by Gasteiger charge is -2.16. The summed E-state index contributed by atoms with van der Waals surface area (Å²) in [5.74, 6) is 0.506. The van der Waals surface area contributed by atoms with E-state index in [2.05, 4.69) is 19.9 Å². The molecule has 26 heavy (non-hydrogen) atoms. The van der Waals surface area contributed by atoms with Crippen LogP contribution in [-0.4, -0.2) is 23.6 Å². The Kier molecular flexibility index (Phi) is 4.52. The van der Waals surface area contributed by atoms with Crippen LogP contribution in [0.3, 0.4) is 0 Å². The van der Waals surface area contributed by atoms with Crippen molar-refractivity contribution in [3.05, 3.63) is 59.7 Å². The van der Waals surface area contributed by atoms with E-state index in [1.54, 1.807) is 36.7 Å². The van der Waals surface area contributed by atoms with Gasteiger partial charge in [0.1, 0.15) is 0 Å². The maximum Gasteiger partial charge on any atom is 0.249 e. The van der Waals surface area contributed by atoms with E-state index in [4.69, 9.17) is 4.42 Å². The zero-order valence-corrected chi connectivity index (χ0v) is 14.9. The number of nitrogens with zero attached hydrogens (tertiary/aromatic N) is 3. The lowest BCUT2D eigenvalue weighted by molar-refractivity contribution is 0.494. The molecule has 0 aliphatic heterocycles. The lowest BCUT2D eigenvalue weighted by Crippen LogP contribution is -2.23. The molecule has 8 heteroatoms. The highest BCUT2D eigenvalue weighted by atomic mass is 32.2. The second kappa shape index (κ2) is 6.97. The largest absolute Gasteiger partial charge is 0.419 e. The number of fused-ring (bicyclic) bond motifs is 1. The van der Waals surface area contributed by atoms with E-state index in [1.807, 2.05) is 6.07 Å². The van der Waals surface area contributed by atoms with Gasteiger partial charge in [-0.05, 0) is 61.1 Å². The van der Waals surface area contributed by atoms with Gasteiger partial charge >= 0.3 is 0 Å². The van der Waals surface area contributed by atoms with Crippen LogP contribution in [0.1, 0.15) is 29.9 Å². The summed E-state index contributed by atoms with van der Waals surface area (Å²) in [4.78, 5) is 4.26. The molecular weight excluding hydrogens is 352 g/mol. The van der Waals surface area contributed by atoms with E-state index in [0.29, 0.717) is 11.5 Å². The number of nitrogens with one attached hydrogen (secondary N) is 1. The minimum absolute atomic E-state index is 0.0628. The average molecular weight is 370 g/mol. The van der Waals surface area contributed by atoms with Gasteiger partial charge in [-0.25, -0.2) is 13.1 Å². The van der Waals surface area contributed by atoms with Gasteiger partial charge in [0, 0.05) is 12.4 Å². The summed E-state index contributed by atoms with van der Waals surface area (Å²) in [6, 6.07) is 8.89. The Balaban J connectivity index is 1.48. The fourth-order valence-corrected chi connectivity index (χ4v) is 4.07. The molecule has 0 radical (unpaired) electrons. The van der Waals surface area contributed by atoms with Crippen molar-refractivity contribution in [1.29, 1.82) is 0 Å². The topological polar surface area (TPSA) is 98.0 Å². The fourth-order valence-electron chi connectivity index (χ4n) is 3.05. The Labute approximate surface area is 151 Å². The summed E-state index contributed by atoms with van der Waals surface area (Å²) in [5.41, 5.74) is 3.05. The van der Waals surface area contributed by atoms with Crippen molar-refractivity contribution in [2.45, 2.75) is 37.1 Å². The second-order valence-corrected chi connectivity index (χ2v) is 7.97. The molecule has 0 atom stereocenters. The number of sulfonamides is 1. The number of aromatic nitrogens is 3. The minimum atomic E-state index is -3.64. The summed E-state index contributed by atoms with van der Waals surface area (Å²) < 4.78 is 33.1. The Morgan fingerprint density at radius 3 is 2.73 bits per heavy atom. The van der Waals surface area contributed by atoms with Gasteiger partial charge in [-0.15, -0.1) is 10.2 Å². The maximum absolute atomic E-state index is 12.6. The van der Waals surface area contributed by atoms with Gasteiger partial charge in [0.15, 0.2) is 0 Å². The van der Waals surface area contributed by atoms with Crippen LogP contribution < -0.4 is 4.72 Å². The first kappa shape index (κ1) is 16.9. The zero-order chi connectivity index (χ0) is 18.0. The molecule has 7 nitrogen and oxygen atoms in total. The quantitative estimate of drug-likeness (QED) is 0.741. The number of benzene rings is 1. The molecule has 134 valence electrons. The molecule has 0 spiro atoms. The molecule has 1 aromatic carbocycles. The van der Waals surface area contributed by atoms with Gasteiger partial charge in [-0.2, -0.15) is 0 Å². The molecule has 2 heterocycles. The van der Waals surface area contributed by atoms with E-state index in [1.165, 1.54) is 5.56 Å². The van der Waals surface area contributed by atoms with Gasteiger partial charge in [0.2, 0.25) is 21.8 Å². The summed E-state index contributed by atoms with van der Waals surface area (Å²) in [6.07, 6.45) is 7.46. The molecule has 0 saturated carbocycles. The molecule has 1 aliphatic rings. The maximum atomic E-state index is 12.6. The Morgan fingerprint density at radius 1 is 1.08 bits per heavy atom. The lowest BCUT2D eigenvalue weighted by atomic mass is 9.92. The molecule has 1 N–H and O–H groups in total. The monoisotopic (exact) mass is 370 g/mol. The van der Waals surface area contributed by atoms with Crippen molar-refractivity contribution in [1.82, 2.24) is 19.9 Å². The van der Waals surface area contributed by atoms with E-state index >= 15 is 0 Å². The average Bonchev–Trinajstić information content (AvgIpc) is 3.16. The summed E-state index contributed by atoms with van der Waals surface area (Å²) >= 11 is 0. The highest BCUT2D eigenvalue weighted by Gasteiger charge is 2.19. The van der Waals surface area contributed by atoms with Crippen LogP contribution in [0.2, 0.25) is 0 Å². The van der Waals surface area contributed by atoms with Crippen molar-refractivity contribution in [2.75, 3.05) is 0 Å². The minimum Gasteiger partial charge on any atom is -0.419 e. The summed E-state index contributed by atoms with van der Waals surface area (Å²) in [5, 5.41) is 7.81. The van der Waals surface area contributed by atoms with Crippen LogP contribution in [0, 0.1) is 0 Å². The standard InChI is InChI=1S/C18H18N4O3S/c23-26(24,16-8-7-13-4-1-2-5-14(13)10-16)20-12-17-21-22-18(25-17)15-6-3-9-19-11-15/h3,6-11,20H,1-2,4-5,12H2. The molecule has 0 bridgehead atoms. The number of pyridine rings is 1. The van der Waals surface area contributed by atoms with Gasteiger partial charge in [-0.1, -0.05) is 6.07 Å². The van der Waals surface area contributed by atoms with Gasteiger partial charge in [0.25, 0.3) is 0 Å². The van der Waals surface area contributed by atoms with Crippen molar-refractivity contribution >= 4 is 10.0 Å². The SMILES string of the molecule is O=S(=O)(NCc1nnc(-c2cccnc2)o1)c1ccc2c(c1)CCCC2. The van der Waals surface area contributed by atoms with Crippen molar-refractivity contribution < 1.29 is 12.8 Å². The number of rotatable bonds is 5. The molecule has 0 amide bonds. The van der Waals surface area contributed by atoms with Crippen LogP contribution in [0.15, 0.2) is 52.0 Å². The third-order valence-corrected chi connectivity index (χ3v) is 5.82. The second-order valence-electron chi connectivity index (χ2n) is 6.20. The first-order valence-corrected chi connectivity index (χ1v) is 9.94. The highest BCUT2D eigenvalue weighted by Crippen LogP contribution is 2.24. The molecular formula is C18H18N4O3S. The fraction of sp³-hybridized carbons (Fsp3) is 0.278. The third kappa shape index (κ3) is 3.51. The first-order chi connectivity index (χ1) is 12.6. The van der Waals surface area contributed by atoms with Gasteiger partial charge < -0.3 is 4.42 Å². The van der Waals surface area contributed by atoms with Crippen molar-refractivity contribution in [2.24, 2.45) is 0 Å². The van der Waals surface area contributed by atoms with E-state index in [0.717, 1.165) is 31.2 Å². The molecule has 0 fully saturated rings. The van der Waals surface area contributed by atoms with E-state index in [9.17, 15) is 8.42 Å². The Hall–Kier alpha value is -2.58. The highest BCUT2D eigenvalue weighted by molar-refractivity contribution is 7.89. The molecule has 1 aliphatic carbocycles. The number of hydrogen-bond acceptors (Lipinski definition) is 6. The zero-order valence-electron chi connectivity index (χ0n) is 14.1.